The van der Waals surface area contributed by atoms with Gasteiger partial charge < -0.3 is 10.1 Å². The minimum absolute atomic E-state index is 0.00693. The summed E-state index contributed by atoms with van der Waals surface area (Å²) in [7, 11) is 0. The van der Waals surface area contributed by atoms with E-state index in [-0.39, 0.29) is 31.2 Å². The molecule has 0 atom stereocenters. The summed E-state index contributed by atoms with van der Waals surface area (Å²) in [5.41, 5.74) is -0.325. The average Bonchev–Trinajstić information content (AvgIpc) is 2.74. The molecule has 0 saturated carbocycles. The Morgan fingerprint density at radius 2 is 1.92 bits per heavy atom. The molecule has 0 aromatic heterocycles. The lowest BCUT2D eigenvalue weighted by molar-refractivity contribution is -0.384. The van der Waals surface area contributed by atoms with E-state index >= 15 is 0 Å². The van der Waals surface area contributed by atoms with Gasteiger partial charge in [-0.25, -0.2) is 4.79 Å². The van der Waals surface area contributed by atoms with Gasteiger partial charge in [0.05, 0.1) is 4.92 Å². The van der Waals surface area contributed by atoms with Crippen molar-refractivity contribution < 1.29 is 24.0 Å². The van der Waals surface area contributed by atoms with Crippen molar-refractivity contribution in [1.29, 1.82) is 0 Å². The maximum absolute atomic E-state index is 12.0. The highest BCUT2D eigenvalue weighted by Gasteiger charge is 2.43. The molecule has 1 aromatic rings. The average molecular weight is 349 g/mol. The summed E-state index contributed by atoms with van der Waals surface area (Å²) in [5, 5.41) is 13.1. The number of non-ortho nitro benzene ring substituents is 1. The van der Waals surface area contributed by atoms with Crippen LogP contribution in [0.25, 0.3) is 0 Å². The molecule has 0 unspecified atom stereocenters. The van der Waals surface area contributed by atoms with Gasteiger partial charge in [0.15, 0.2) is 0 Å². The summed E-state index contributed by atoms with van der Waals surface area (Å²) < 4.78 is 5.07. The quantitative estimate of drug-likeness (QED) is 0.347. The van der Waals surface area contributed by atoms with E-state index in [4.69, 9.17) is 4.74 Å². The minimum Gasteiger partial charge on any atom is -0.461 e. The summed E-state index contributed by atoms with van der Waals surface area (Å²) in [6.45, 7) is 3.38. The van der Waals surface area contributed by atoms with Crippen molar-refractivity contribution in [3.05, 3.63) is 39.9 Å². The Bertz CT molecular complexity index is 698. The first-order valence-electron chi connectivity index (χ1n) is 7.74. The third kappa shape index (κ3) is 4.52. The fraction of sp³-hybridized carbons (Fsp3) is 0.438. The number of nitrogens with one attached hydrogen (secondary N) is 1. The van der Waals surface area contributed by atoms with Crippen LogP contribution < -0.4 is 5.32 Å². The zero-order valence-corrected chi connectivity index (χ0v) is 14.0. The number of benzene rings is 1. The molecule has 1 saturated heterocycles. The monoisotopic (exact) mass is 349 g/mol. The minimum atomic E-state index is -0.923. The lowest BCUT2D eigenvalue weighted by Gasteiger charge is -2.15. The highest BCUT2D eigenvalue weighted by molar-refractivity contribution is 6.06. The number of amides is 3. The van der Waals surface area contributed by atoms with Gasteiger partial charge in [-0.2, -0.15) is 0 Å². The van der Waals surface area contributed by atoms with Crippen molar-refractivity contribution in [3.8, 4) is 0 Å². The van der Waals surface area contributed by atoms with Crippen molar-refractivity contribution in [2.24, 2.45) is 0 Å². The molecule has 9 heteroatoms. The Labute approximate surface area is 144 Å². The van der Waals surface area contributed by atoms with E-state index in [1.165, 1.54) is 24.3 Å². The largest absolute Gasteiger partial charge is 0.461 e. The van der Waals surface area contributed by atoms with Crippen molar-refractivity contribution in [1.82, 2.24) is 10.2 Å². The second-order valence-corrected chi connectivity index (χ2v) is 6.20. The summed E-state index contributed by atoms with van der Waals surface area (Å²) in [6, 6.07) is 5.24. The number of urea groups is 1. The molecule has 1 heterocycles. The molecule has 0 spiro atoms. The topological polar surface area (TPSA) is 119 Å². The molecular formula is C16H19N3O6. The Balaban J connectivity index is 1.73. The van der Waals surface area contributed by atoms with Crippen LogP contribution in [0.5, 0.6) is 0 Å². The highest BCUT2D eigenvalue weighted by atomic mass is 16.6. The van der Waals surface area contributed by atoms with E-state index in [2.05, 4.69) is 5.32 Å². The zero-order valence-electron chi connectivity index (χ0n) is 14.0. The van der Waals surface area contributed by atoms with Gasteiger partial charge in [-0.05, 0) is 38.0 Å². The van der Waals surface area contributed by atoms with Crippen molar-refractivity contribution in [3.63, 3.8) is 0 Å². The van der Waals surface area contributed by atoms with Gasteiger partial charge in [-0.3, -0.25) is 24.6 Å². The van der Waals surface area contributed by atoms with Crippen LogP contribution in [0.2, 0.25) is 0 Å². The molecule has 3 amide bonds. The van der Waals surface area contributed by atoms with Gasteiger partial charge in [0.25, 0.3) is 11.6 Å². The fourth-order valence-corrected chi connectivity index (χ4v) is 2.35. The van der Waals surface area contributed by atoms with Crippen LogP contribution in [0.3, 0.4) is 0 Å². The van der Waals surface area contributed by atoms with Gasteiger partial charge in [-0.1, -0.05) is 0 Å². The van der Waals surface area contributed by atoms with Crippen LogP contribution in [0, 0.1) is 10.1 Å². The Kier molecular flexibility index (Phi) is 5.35. The van der Waals surface area contributed by atoms with Crippen molar-refractivity contribution in [2.75, 3.05) is 6.54 Å². The van der Waals surface area contributed by atoms with E-state index in [1.807, 2.05) is 0 Å². The zero-order chi connectivity index (χ0) is 18.6. The number of ether oxygens (including phenoxy) is 1. The number of hydrogen-bond donors (Lipinski definition) is 1. The lowest BCUT2D eigenvalue weighted by Crippen LogP contribution is -2.40. The van der Waals surface area contributed by atoms with Crippen LogP contribution in [0.15, 0.2) is 24.3 Å². The molecule has 1 N–H and O–H groups in total. The van der Waals surface area contributed by atoms with E-state index in [0.29, 0.717) is 12.0 Å². The second kappa shape index (κ2) is 7.29. The van der Waals surface area contributed by atoms with Gasteiger partial charge in [-0.15, -0.1) is 0 Å². The van der Waals surface area contributed by atoms with Crippen LogP contribution in [-0.2, 0) is 20.9 Å². The Hall–Kier alpha value is -2.97. The number of esters is 1. The number of hydrogen-bond acceptors (Lipinski definition) is 6. The second-order valence-electron chi connectivity index (χ2n) is 6.20. The molecule has 134 valence electrons. The predicted molar refractivity (Wildman–Crippen MR) is 86.5 cm³/mol. The highest BCUT2D eigenvalue weighted by Crippen LogP contribution is 2.17. The molecule has 25 heavy (non-hydrogen) atoms. The molecule has 0 aliphatic carbocycles. The number of nitro benzene ring substituents is 1. The summed E-state index contributed by atoms with van der Waals surface area (Å²) in [6.07, 6.45) is 0.360. The molecule has 0 bridgehead atoms. The standard InChI is InChI=1S/C16H19N3O6/c1-16(2)14(21)18(15(22)17-16)9-3-4-13(20)25-10-11-5-7-12(8-6-11)19(23)24/h5-8H,3-4,9-10H2,1-2H3,(H,17,22). The van der Waals surface area contributed by atoms with Crippen LogP contribution in [-0.4, -0.2) is 39.8 Å². The summed E-state index contributed by atoms with van der Waals surface area (Å²) in [5.74, 6) is -0.790. The summed E-state index contributed by atoms with van der Waals surface area (Å²) in [4.78, 5) is 46.5. The maximum atomic E-state index is 12.0. The molecule has 2 rings (SSSR count). The van der Waals surface area contributed by atoms with E-state index < -0.39 is 22.5 Å². The fourth-order valence-electron chi connectivity index (χ4n) is 2.35. The molecule has 1 aliphatic heterocycles. The first kappa shape index (κ1) is 18.4. The van der Waals surface area contributed by atoms with Crippen molar-refractivity contribution in [2.45, 2.75) is 38.8 Å². The molecule has 9 nitrogen and oxygen atoms in total. The molecule has 1 fully saturated rings. The van der Waals surface area contributed by atoms with Crippen LogP contribution in [0.1, 0.15) is 32.3 Å². The van der Waals surface area contributed by atoms with E-state index in [1.54, 1.807) is 13.8 Å². The normalized spacial score (nSPS) is 15.8. The van der Waals surface area contributed by atoms with Crippen LogP contribution >= 0.6 is 0 Å². The number of rotatable bonds is 7. The number of imide groups is 1. The first-order valence-corrected chi connectivity index (χ1v) is 7.74. The van der Waals surface area contributed by atoms with Crippen molar-refractivity contribution >= 4 is 23.6 Å². The number of nitrogens with zero attached hydrogens (tertiary/aromatic N) is 2. The van der Waals surface area contributed by atoms with E-state index in [0.717, 1.165) is 4.90 Å². The molecule has 0 radical (unpaired) electrons. The SMILES string of the molecule is CC1(C)NC(=O)N(CCCC(=O)OCc2ccc([N+](=O)[O-])cc2)C1=O. The van der Waals surface area contributed by atoms with Gasteiger partial charge >= 0.3 is 12.0 Å². The predicted octanol–water partition coefficient (Wildman–Crippen LogP) is 1.75. The number of carbonyl (C=O) groups excluding carboxylic acids is 3. The molecule has 1 aromatic carbocycles. The first-order chi connectivity index (χ1) is 11.7. The van der Waals surface area contributed by atoms with Gasteiger partial charge in [0.1, 0.15) is 12.1 Å². The molecule has 1 aliphatic rings. The number of carbonyl (C=O) groups is 3. The third-order valence-electron chi connectivity index (χ3n) is 3.75. The van der Waals surface area contributed by atoms with Gasteiger partial charge in [0.2, 0.25) is 0 Å². The van der Waals surface area contributed by atoms with Gasteiger partial charge in [0, 0.05) is 25.1 Å². The lowest BCUT2D eigenvalue weighted by atomic mass is 10.1. The maximum Gasteiger partial charge on any atom is 0.325 e. The van der Waals surface area contributed by atoms with Crippen LogP contribution in [0.4, 0.5) is 10.5 Å². The number of nitro groups is 1. The smallest absolute Gasteiger partial charge is 0.325 e. The Morgan fingerprint density at radius 1 is 1.28 bits per heavy atom. The summed E-state index contributed by atoms with van der Waals surface area (Å²) >= 11 is 0. The Morgan fingerprint density at radius 3 is 2.44 bits per heavy atom. The van der Waals surface area contributed by atoms with E-state index in [9.17, 15) is 24.5 Å². The molecular weight excluding hydrogens is 330 g/mol. The third-order valence-corrected chi connectivity index (χ3v) is 3.75.